The normalized spacial score (nSPS) is 18.0. The number of anilines is 1. The zero-order valence-corrected chi connectivity index (χ0v) is 14.2. The SMILES string of the molecule is CCCNCC(C)N1CCN(c2cccc(C)c2C)CC1. The summed E-state index contributed by atoms with van der Waals surface area (Å²) in [6.45, 7) is 15.9. The summed E-state index contributed by atoms with van der Waals surface area (Å²) in [6, 6.07) is 7.29. The van der Waals surface area contributed by atoms with Crippen LogP contribution in [0.4, 0.5) is 5.69 Å². The Hall–Kier alpha value is -1.06. The lowest BCUT2D eigenvalue weighted by Gasteiger charge is -2.40. The average Bonchev–Trinajstić information content (AvgIpc) is 2.50. The third kappa shape index (κ3) is 4.21. The molecule has 2 rings (SSSR count). The maximum Gasteiger partial charge on any atom is 0.0399 e. The van der Waals surface area contributed by atoms with E-state index in [0.717, 1.165) is 26.2 Å². The third-order valence-electron chi connectivity index (χ3n) is 4.72. The topological polar surface area (TPSA) is 18.5 Å². The van der Waals surface area contributed by atoms with E-state index in [-0.39, 0.29) is 0 Å². The van der Waals surface area contributed by atoms with Crippen molar-refractivity contribution in [1.82, 2.24) is 10.2 Å². The van der Waals surface area contributed by atoms with Gasteiger partial charge in [0, 0.05) is 44.5 Å². The van der Waals surface area contributed by atoms with Gasteiger partial charge in [0.05, 0.1) is 0 Å². The minimum atomic E-state index is 0.636. The summed E-state index contributed by atoms with van der Waals surface area (Å²) in [5.41, 5.74) is 4.25. The molecular weight excluding hydrogens is 258 g/mol. The quantitative estimate of drug-likeness (QED) is 0.813. The summed E-state index contributed by atoms with van der Waals surface area (Å²) in [4.78, 5) is 5.16. The van der Waals surface area contributed by atoms with Crippen molar-refractivity contribution in [2.75, 3.05) is 44.2 Å². The molecule has 1 saturated heterocycles. The Morgan fingerprint density at radius 3 is 2.52 bits per heavy atom. The van der Waals surface area contributed by atoms with Crippen LogP contribution in [0.25, 0.3) is 0 Å². The molecule has 1 fully saturated rings. The lowest BCUT2D eigenvalue weighted by Crippen LogP contribution is -2.52. The number of piperazine rings is 1. The van der Waals surface area contributed by atoms with Gasteiger partial charge < -0.3 is 10.2 Å². The average molecular weight is 289 g/mol. The van der Waals surface area contributed by atoms with Crippen LogP contribution in [-0.2, 0) is 0 Å². The Balaban J connectivity index is 1.87. The van der Waals surface area contributed by atoms with E-state index < -0.39 is 0 Å². The van der Waals surface area contributed by atoms with Gasteiger partial charge in [-0.25, -0.2) is 0 Å². The molecular formula is C18H31N3. The van der Waals surface area contributed by atoms with Crippen molar-refractivity contribution in [1.29, 1.82) is 0 Å². The van der Waals surface area contributed by atoms with Gasteiger partial charge in [-0.2, -0.15) is 0 Å². The van der Waals surface area contributed by atoms with E-state index in [1.165, 1.54) is 36.3 Å². The van der Waals surface area contributed by atoms with Crippen molar-refractivity contribution in [2.45, 2.75) is 40.2 Å². The molecule has 0 radical (unpaired) electrons. The molecule has 1 aliphatic rings. The standard InChI is InChI=1S/C18H31N3/c1-5-9-19-14-16(3)20-10-12-21(13-11-20)18-8-6-7-15(2)17(18)4/h6-8,16,19H,5,9-14H2,1-4H3. The van der Waals surface area contributed by atoms with Crippen LogP contribution >= 0.6 is 0 Å². The van der Waals surface area contributed by atoms with Crippen molar-refractivity contribution in [3.63, 3.8) is 0 Å². The Labute approximate surface area is 130 Å². The van der Waals surface area contributed by atoms with Gasteiger partial charge in [-0.3, -0.25) is 4.90 Å². The summed E-state index contributed by atoms with van der Waals surface area (Å²) in [7, 11) is 0. The lowest BCUT2D eigenvalue weighted by atomic mass is 10.1. The molecule has 1 aliphatic heterocycles. The van der Waals surface area contributed by atoms with Gasteiger partial charge in [-0.15, -0.1) is 0 Å². The van der Waals surface area contributed by atoms with E-state index >= 15 is 0 Å². The number of nitrogens with one attached hydrogen (secondary N) is 1. The first-order valence-electron chi connectivity index (χ1n) is 8.39. The largest absolute Gasteiger partial charge is 0.369 e. The predicted molar refractivity (Wildman–Crippen MR) is 92.3 cm³/mol. The maximum atomic E-state index is 3.54. The Morgan fingerprint density at radius 1 is 1.14 bits per heavy atom. The fourth-order valence-corrected chi connectivity index (χ4v) is 3.10. The molecule has 1 aromatic carbocycles. The molecule has 3 nitrogen and oxygen atoms in total. The van der Waals surface area contributed by atoms with Gasteiger partial charge >= 0.3 is 0 Å². The van der Waals surface area contributed by atoms with Gasteiger partial charge in [-0.1, -0.05) is 19.1 Å². The van der Waals surface area contributed by atoms with Crippen LogP contribution in [0.5, 0.6) is 0 Å². The number of nitrogens with zero attached hydrogens (tertiary/aromatic N) is 2. The number of aryl methyl sites for hydroxylation is 1. The van der Waals surface area contributed by atoms with Crippen molar-refractivity contribution >= 4 is 5.69 Å². The number of rotatable bonds is 6. The van der Waals surface area contributed by atoms with Crippen molar-refractivity contribution in [3.8, 4) is 0 Å². The smallest absolute Gasteiger partial charge is 0.0399 e. The summed E-state index contributed by atoms with van der Waals surface area (Å²) in [5.74, 6) is 0. The maximum absolute atomic E-state index is 3.54. The monoisotopic (exact) mass is 289 g/mol. The molecule has 0 amide bonds. The summed E-state index contributed by atoms with van der Waals surface area (Å²) in [6.07, 6.45) is 1.22. The summed E-state index contributed by atoms with van der Waals surface area (Å²) < 4.78 is 0. The van der Waals surface area contributed by atoms with Gasteiger partial charge in [0.25, 0.3) is 0 Å². The van der Waals surface area contributed by atoms with Gasteiger partial charge in [0.1, 0.15) is 0 Å². The molecule has 0 saturated carbocycles. The van der Waals surface area contributed by atoms with Crippen LogP contribution < -0.4 is 10.2 Å². The molecule has 118 valence electrons. The van der Waals surface area contributed by atoms with Crippen molar-refractivity contribution < 1.29 is 0 Å². The van der Waals surface area contributed by atoms with Crippen LogP contribution in [0.2, 0.25) is 0 Å². The van der Waals surface area contributed by atoms with E-state index in [1.54, 1.807) is 0 Å². The van der Waals surface area contributed by atoms with Crippen LogP contribution in [0.15, 0.2) is 18.2 Å². The zero-order valence-electron chi connectivity index (χ0n) is 14.2. The van der Waals surface area contributed by atoms with Crippen LogP contribution in [0, 0.1) is 13.8 Å². The first kappa shape index (κ1) is 16.3. The molecule has 1 heterocycles. The van der Waals surface area contributed by atoms with E-state index in [2.05, 4.69) is 61.0 Å². The highest BCUT2D eigenvalue weighted by atomic mass is 15.3. The Kier molecular flexibility index (Phi) is 6.07. The first-order valence-corrected chi connectivity index (χ1v) is 8.39. The fraction of sp³-hybridized carbons (Fsp3) is 0.667. The number of hydrogen-bond donors (Lipinski definition) is 1. The predicted octanol–water partition coefficient (Wildman–Crippen LogP) is 2.81. The first-order chi connectivity index (χ1) is 10.1. The minimum Gasteiger partial charge on any atom is -0.369 e. The number of hydrogen-bond acceptors (Lipinski definition) is 3. The molecule has 1 unspecified atom stereocenters. The zero-order chi connectivity index (χ0) is 15.2. The van der Waals surface area contributed by atoms with Crippen LogP contribution in [0.1, 0.15) is 31.4 Å². The third-order valence-corrected chi connectivity index (χ3v) is 4.72. The molecule has 1 atom stereocenters. The van der Waals surface area contributed by atoms with Crippen LogP contribution in [-0.4, -0.2) is 50.2 Å². The highest BCUT2D eigenvalue weighted by Crippen LogP contribution is 2.24. The molecule has 1 aromatic rings. The highest BCUT2D eigenvalue weighted by Gasteiger charge is 2.21. The Bertz CT molecular complexity index is 436. The van der Waals surface area contributed by atoms with E-state index in [9.17, 15) is 0 Å². The molecule has 1 N–H and O–H groups in total. The van der Waals surface area contributed by atoms with E-state index in [4.69, 9.17) is 0 Å². The molecule has 3 heteroatoms. The lowest BCUT2D eigenvalue weighted by molar-refractivity contribution is 0.193. The van der Waals surface area contributed by atoms with Crippen LogP contribution in [0.3, 0.4) is 0 Å². The second-order valence-electron chi connectivity index (χ2n) is 6.30. The second kappa shape index (κ2) is 7.81. The molecule has 0 spiro atoms. The van der Waals surface area contributed by atoms with Gasteiger partial charge in [-0.05, 0) is 50.9 Å². The van der Waals surface area contributed by atoms with Crippen molar-refractivity contribution in [3.05, 3.63) is 29.3 Å². The number of benzene rings is 1. The second-order valence-corrected chi connectivity index (χ2v) is 6.30. The summed E-state index contributed by atoms with van der Waals surface area (Å²) in [5, 5.41) is 3.54. The molecule has 21 heavy (non-hydrogen) atoms. The highest BCUT2D eigenvalue weighted by molar-refractivity contribution is 5.56. The molecule has 0 aliphatic carbocycles. The van der Waals surface area contributed by atoms with Gasteiger partial charge in [0.2, 0.25) is 0 Å². The Morgan fingerprint density at radius 2 is 1.86 bits per heavy atom. The molecule has 0 aromatic heterocycles. The van der Waals surface area contributed by atoms with Gasteiger partial charge in [0.15, 0.2) is 0 Å². The summed E-state index contributed by atoms with van der Waals surface area (Å²) >= 11 is 0. The van der Waals surface area contributed by atoms with E-state index in [1.807, 2.05) is 0 Å². The van der Waals surface area contributed by atoms with E-state index in [0.29, 0.717) is 6.04 Å². The minimum absolute atomic E-state index is 0.636. The van der Waals surface area contributed by atoms with Crippen molar-refractivity contribution in [2.24, 2.45) is 0 Å². The fourth-order valence-electron chi connectivity index (χ4n) is 3.10. The molecule has 0 bridgehead atoms.